The van der Waals surface area contributed by atoms with Crippen molar-refractivity contribution in [3.8, 4) is 0 Å². The van der Waals surface area contributed by atoms with Crippen molar-refractivity contribution in [1.82, 2.24) is 0 Å². The molecule has 0 aromatic heterocycles. The predicted octanol–water partition coefficient (Wildman–Crippen LogP) is 2.56. The molecule has 1 unspecified atom stereocenters. The summed E-state index contributed by atoms with van der Waals surface area (Å²) in [6.45, 7) is 1.34. The topological polar surface area (TPSA) is 37.3 Å². The van der Waals surface area contributed by atoms with E-state index in [0.29, 0.717) is 12.8 Å². The van der Waals surface area contributed by atoms with Crippen LogP contribution in [0.4, 0.5) is 0 Å². The fourth-order valence-electron chi connectivity index (χ4n) is 2.30. The Morgan fingerprint density at radius 2 is 2.44 bits per heavy atom. The maximum Gasteiger partial charge on any atom is 0.138 e. The van der Waals surface area contributed by atoms with Gasteiger partial charge in [0.05, 0.1) is 7.47 Å². The van der Waals surface area contributed by atoms with Crippen LogP contribution in [0.25, 0.3) is 0 Å². The molecular formula is C13H22AcO2. The number of carbonyl (C=O) groups excluding carboxylic acids is 1. The number of allylic oxidation sites excluding steroid dienone is 2. The van der Waals surface area contributed by atoms with Gasteiger partial charge in [-0.1, -0.05) is 26.0 Å². The summed E-state index contributed by atoms with van der Waals surface area (Å²) in [5, 5.41) is 10.2. The van der Waals surface area contributed by atoms with Gasteiger partial charge in [-0.05, 0) is 31.5 Å². The Balaban J connectivity index is 0.00000361. The molecular weight excluding hydrogens is 415 g/mol. The SMILES string of the molecule is [2H]/C(=C\C[C@@H](C)[C@@H](O)[C@H]1C(=O)CCC1C)C([2H])([2H])[2H].[Ac]. The molecule has 0 heterocycles. The van der Waals surface area contributed by atoms with Gasteiger partial charge in [0.15, 0.2) is 0 Å². The summed E-state index contributed by atoms with van der Waals surface area (Å²) in [5.74, 6) is -0.299. The van der Waals surface area contributed by atoms with Crippen LogP contribution >= 0.6 is 0 Å². The molecule has 1 N–H and O–H groups in total. The summed E-state index contributed by atoms with van der Waals surface area (Å²) in [7, 11) is 0. The molecule has 1 saturated carbocycles. The standard InChI is InChI=1S/C13H22O2.Ac/c1-4-5-6-10(3)13(15)12-9(2)7-8-11(12)14;/h4-5,9-10,12-13,15H,6-8H2,1-3H3;/b5-4+;/t9?,10-,12-,13-;/m1./s1/i1D3,4D;. The van der Waals surface area contributed by atoms with Gasteiger partial charge in [0.25, 0.3) is 0 Å². The number of hydrogen-bond acceptors (Lipinski definition) is 2. The van der Waals surface area contributed by atoms with Crippen molar-refractivity contribution in [1.29, 1.82) is 0 Å². The minimum Gasteiger partial charge on any atom is -0.392 e. The fourth-order valence-corrected chi connectivity index (χ4v) is 2.30. The van der Waals surface area contributed by atoms with E-state index in [0.717, 1.165) is 6.42 Å². The van der Waals surface area contributed by atoms with Gasteiger partial charge in [0.2, 0.25) is 0 Å². The van der Waals surface area contributed by atoms with E-state index in [1.165, 1.54) is 6.08 Å². The van der Waals surface area contributed by atoms with Crippen molar-refractivity contribution in [3.05, 3.63) is 12.1 Å². The molecule has 89 valence electrons. The monoisotopic (exact) mass is 441 g/mol. The molecule has 4 atom stereocenters. The zero-order valence-electron chi connectivity index (χ0n) is 13.9. The van der Waals surface area contributed by atoms with Crippen molar-refractivity contribution in [2.45, 2.75) is 46.1 Å². The van der Waals surface area contributed by atoms with Crippen LogP contribution in [0.1, 0.15) is 45.4 Å². The third kappa shape index (κ3) is 4.24. The van der Waals surface area contributed by atoms with E-state index in [2.05, 4.69) is 0 Å². The molecule has 1 aliphatic rings. The van der Waals surface area contributed by atoms with Gasteiger partial charge in [-0.25, -0.2) is 0 Å². The predicted molar refractivity (Wildman–Crippen MR) is 61.5 cm³/mol. The molecule has 0 amide bonds. The molecule has 0 saturated heterocycles. The fraction of sp³-hybridized carbons (Fsp3) is 0.769. The van der Waals surface area contributed by atoms with Crippen molar-refractivity contribution in [2.24, 2.45) is 17.8 Å². The number of ketones is 1. The van der Waals surface area contributed by atoms with Crippen LogP contribution in [0.5, 0.6) is 0 Å². The Bertz CT molecular complexity index is 368. The van der Waals surface area contributed by atoms with Crippen LogP contribution in [0.2, 0.25) is 0 Å². The first-order valence-corrected chi connectivity index (χ1v) is 5.52. The molecule has 0 aromatic rings. The van der Waals surface area contributed by atoms with E-state index < -0.39 is 19.0 Å². The van der Waals surface area contributed by atoms with E-state index in [-0.39, 0.29) is 67.6 Å². The molecule has 1 aliphatic carbocycles. The molecule has 16 heavy (non-hydrogen) atoms. The van der Waals surface area contributed by atoms with Gasteiger partial charge in [-0.15, -0.1) is 0 Å². The minimum absolute atomic E-state index is 0. The maximum atomic E-state index is 11.7. The van der Waals surface area contributed by atoms with Crippen LogP contribution in [-0.2, 0) is 4.79 Å². The number of Topliss-reactive ketones (excluding diaryl/α,β-unsaturated/α-hetero) is 1. The summed E-state index contributed by atoms with van der Waals surface area (Å²) in [6.07, 6.45) is 2.19. The van der Waals surface area contributed by atoms with Crippen LogP contribution in [0.3, 0.4) is 0 Å². The molecule has 1 radical (unpaired) electrons. The Morgan fingerprint density at radius 3 is 2.94 bits per heavy atom. The summed E-state index contributed by atoms with van der Waals surface area (Å²) in [5.41, 5.74) is 0. The quantitative estimate of drug-likeness (QED) is 0.682. The zero-order valence-corrected chi connectivity index (χ0v) is 14.7. The number of hydrogen-bond donors (Lipinski definition) is 1. The normalized spacial score (nSPS) is 34.2. The van der Waals surface area contributed by atoms with Crippen LogP contribution in [0, 0.1) is 61.8 Å². The second-order valence-electron chi connectivity index (χ2n) is 4.56. The molecule has 0 spiro atoms. The average molecular weight is 441 g/mol. The Kier molecular flexibility index (Phi) is 5.36. The number of aliphatic hydroxyl groups excluding tert-OH is 1. The van der Waals surface area contributed by atoms with Crippen molar-refractivity contribution < 1.29 is 59.4 Å². The Hall–Kier alpha value is 0.812. The van der Waals surface area contributed by atoms with Gasteiger partial charge in [-0.2, -0.15) is 0 Å². The first-order chi connectivity index (χ1) is 8.64. The zero-order chi connectivity index (χ0) is 14.8. The summed E-state index contributed by atoms with van der Waals surface area (Å²) < 4.78 is 28.6. The van der Waals surface area contributed by atoms with Crippen molar-refractivity contribution in [3.63, 3.8) is 0 Å². The molecule has 1 rings (SSSR count). The molecule has 1 fully saturated rings. The van der Waals surface area contributed by atoms with E-state index in [1.54, 1.807) is 6.92 Å². The Labute approximate surface area is 140 Å². The minimum atomic E-state index is -2.40. The van der Waals surface area contributed by atoms with E-state index >= 15 is 0 Å². The number of aliphatic hydroxyl groups is 1. The maximum absolute atomic E-state index is 11.7. The summed E-state index contributed by atoms with van der Waals surface area (Å²) in [4.78, 5) is 11.7. The van der Waals surface area contributed by atoms with Gasteiger partial charge in [0, 0.05) is 60.5 Å². The van der Waals surface area contributed by atoms with Gasteiger partial charge < -0.3 is 5.11 Å². The third-order valence-corrected chi connectivity index (χ3v) is 3.37. The molecule has 0 aliphatic heterocycles. The van der Waals surface area contributed by atoms with Crippen LogP contribution in [-0.4, -0.2) is 17.0 Å². The first-order valence-electron chi connectivity index (χ1n) is 7.52. The average Bonchev–Trinajstić information content (AvgIpc) is 2.63. The smallest absolute Gasteiger partial charge is 0.138 e. The summed E-state index contributed by atoms with van der Waals surface area (Å²) >= 11 is 0. The first kappa shape index (κ1) is 10.7. The Morgan fingerprint density at radius 1 is 1.75 bits per heavy atom. The van der Waals surface area contributed by atoms with E-state index in [1.807, 2.05) is 6.92 Å². The second-order valence-corrected chi connectivity index (χ2v) is 4.56. The molecule has 3 heteroatoms. The van der Waals surface area contributed by atoms with E-state index in [4.69, 9.17) is 5.48 Å². The molecule has 0 aromatic carbocycles. The number of carbonyl (C=O) groups is 1. The van der Waals surface area contributed by atoms with Crippen LogP contribution < -0.4 is 0 Å². The summed E-state index contributed by atoms with van der Waals surface area (Å²) in [6, 6.07) is -0.405. The van der Waals surface area contributed by atoms with Gasteiger partial charge >= 0.3 is 0 Å². The van der Waals surface area contributed by atoms with Crippen LogP contribution in [0.15, 0.2) is 12.1 Å². The van der Waals surface area contributed by atoms with Crippen molar-refractivity contribution in [2.75, 3.05) is 0 Å². The van der Waals surface area contributed by atoms with Crippen molar-refractivity contribution >= 4 is 5.78 Å². The second kappa shape index (κ2) is 8.01. The number of rotatable bonds is 4. The van der Waals surface area contributed by atoms with Gasteiger partial charge in [0.1, 0.15) is 5.78 Å². The molecule has 2 nitrogen and oxygen atoms in total. The third-order valence-electron chi connectivity index (χ3n) is 3.37. The molecule has 0 bridgehead atoms. The largest absolute Gasteiger partial charge is 0.392 e. The van der Waals surface area contributed by atoms with E-state index in [9.17, 15) is 9.90 Å². The van der Waals surface area contributed by atoms with Gasteiger partial charge in [-0.3, -0.25) is 4.79 Å².